The van der Waals surface area contributed by atoms with Crippen LogP contribution in [0.4, 0.5) is 5.69 Å². The average Bonchev–Trinajstić information content (AvgIpc) is 3.40. The van der Waals surface area contributed by atoms with Crippen molar-refractivity contribution in [2.45, 2.75) is 25.9 Å². The molecule has 1 aliphatic rings. The summed E-state index contributed by atoms with van der Waals surface area (Å²) in [5, 5.41) is 4.66. The zero-order valence-corrected chi connectivity index (χ0v) is 24.5. The molecule has 1 fully saturated rings. The van der Waals surface area contributed by atoms with Gasteiger partial charge in [0.15, 0.2) is 5.11 Å². The first-order valence-electron chi connectivity index (χ1n) is 12.3. The molecule has 1 saturated heterocycles. The van der Waals surface area contributed by atoms with Gasteiger partial charge in [-0.2, -0.15) is 0 Å². The third-order valence-corrected chi connectivity index (χ3v) is 7.80. The Balaban J connectivity index is 1.61. The van der Waals surface area contributed by atoms with Crippen molar-refractivity contribution in [2.75, 3.05) is 25.2 Å². The highest BCUT2D eigenvalue weighted by atomic mass is 79.9. The summed E-state index contributed by atoms with van der Waals surface area (Å²) in [6, 6.07) is 22.0. The maximum atomic E-state index is 6.66. The van der Waals surface area contributed by atoms with Gasteiger partial charge in [-0.1, -0.05) is 39.7 Å². The molecule has 0 spiro atoms. The molecule has 0 saturated carbocycles. The molecule has 3 heterocycles. The van der Waals surface area contributed by atoms with Gasteiger partial charge in [0.1, 0.15) is 12.4 Å². The molecule has 0 radical (unpaired) electrons. The van der Waals surface area contributed by atoms with Crippen LogP contribution in [0, 0.1) is 13.8 Å². The lowest BCUT2D eigenvalue weighted by Crippen LogP contribution is -2.29. The van der Waals surface area contributed by atoms with Crippen LogP contribution in [-0.4, -0.2) is 35.0 Å². The maximum absolute atomic E-state index is 6.66. The van der Waals surface area contributed by atoms with Crippen LogP contribution < -0.4 is 15.0 Å². The fraction of sp³-hybridized carbons (Fsp3) is 0.241. The van der Waals surface area contributed by atoms with Gasteiger partial charge in [0.05, 0.1) is 29.4 Å². The number of anilines is 1. The number of nitrogens with one attached hydrogen (secondary N) is 1. The number of ether oxygens (including phenoxy) is 2. The number of hydrogen-bond acceptors (Lipinski definition) is 4. The van der Waals surface area contributed by atoms with Crippen molar-refractivity contribution in [2.24, 2.45) is 0 Å². The Labute approximate surface area is 241 Å². The Bertz CT molecular complexity index is 1460. The summed E-state index contributed by atoms with van der Waals surface area (Å²) in [7, 11) is 1.64. The molecule has 1 N–H and O–H groups in total. The summed E-state index contributed by atoms with van der Waals surface area (Å²) in [6.45, 7) is 5.18. The van der Waals surface area contributed by atoms with Crippen LogP contribution in [0.15, 0.2) is 77.4 Å². The number of aromatic nitrogens is 2. The molecule has 0 unspecified atom stereocenters. The van der Waals surface area contributed by atoms with Gasteiger partial charge in [-0.25, -0.2) is 0 Å². The molecule has 6 nitrogen and oxygen atoms in total. The van der Waals surface area contributed by atoms with E-state index in [9.17, 15) is 0 Å². The van der Waals surface area contributed by atoms with E-state index in [1.165, 1.54) is 0 Å². The van der Waals surface area contributed by atoms with E-state index in [0.717, 1.165) is 38.5 Å². The van der Waals surface area contributed by atoms with Gasteiger partial charge in [0, 0.05) is 40.5 Å². The van der Waals surface area contributed by atoms with E-state index in [1.807, 2.05) is 54.7 Å². The van der Waals surface area contributed by atoms with Crippen LogP contribution in [0.3, 0.4) is 0 Å². The Hall–Kier alpha value is -2.91. The minimum atomic E-state index is -0.156. The van der Waals surface area contributed by atoms with Gasteiger partial charge in [-0.05, 0) is 86.2 Å². The first kappa shape index (κ1) is 26.7. The zero-order chi connectivity index (χ0) is 26.8. The second-order valence-electron chi connectivity index (χ2n) is 9.09. The minimum Gasteiger partial charge on any atom is -0.490 e. The number of rotatable bonds is 8. The van der Waals surface area contributed by atoms with Gasteiger partial charge in [-0.15, -0.1) is 0 Å². The predicted molar refractivity (Wildman–Crippen MR) is 160 cm³/mol. The summed E-state index contributed by atoms with van der Waals surface area (Å²) in [5.74, 6) is 0.608. The van der Waals surface area contributed by atoms with E-state index in [4.69, 9.17) is 33.3 Å². The van der Waals surface area contributed by atoms with Crippen LogP contribution in [0.2, 0.25) is 5.02 Å². The fourth-order valence-corrected chi connectivity index (χ4v) is 6.00. The molecular weight excluding hydrogens is 584 g/mol. The number of halogens is 2. The monoisotopic (exact) mass is 610 g/mol. The van der Waals surface area contributed by atoms with E-state index < -0.39 is 0 Å². The summed E-state index contributed by atoms with van der Waals surface area (Å²) in [5.41, 5.74) is 6.31. The second-order valence-corrected chi connectivity index (χ2v) is 10.8. The summed E-state index contributed by atoms with van der Waals surface area (Å²) in [4.78, 5) is 6.81. The molecule has 38 heavy (non-hydrogen) atoms. The molecular formula is C29H28BrClN4O2S. The molecule has 1 aliphatic heterocycles. The van der Waals surface area contributed by atoms with E-state index in [0.29, 0.717) is 29.1 Å². The fourth-order valence-electron chi connectivity index (χ4n) is 5.04. The number of hydrogen-bond donors (Lipinski definition) is 1. The normalized spacial score (nSPS) is 17.1. The lowest BCUT2D eigenvalue weighted by atomic mass is 9.96. The van der Waals surface area contributed by atoms with Gasteiger partial charge in [0.2, 0.25) is 0 Å². The molecule has 0 amide bonds. The number of pyridine rings is 1. The Morgan fingerprint density at radius 2 is 1.87 bits per heavy atom. The van der Waals surface area contributed by atoms with Crippen LogP contribution in [-0.2, 0) is 4.74 Å². The molecule has 5 rings (SSSR count). The van der Waals surface area contributed by atoms with Gasteiger partial charge in [0.25, 0.3) is 0 Å². The maximum Gasteiger partial charge on any atom is 0.174 e. The quantitative estimate of drug-likeness (QED) is 0.169. The first-order valence-corrected chi connectivity index (χ1v) is 13.8. The van der Waals surface area contributed by atoms with E-state index in [2.05, 4.69) is 67.7 Å². The van der Waals surface area contributed by atoms with Crippen molar-refractivity contribution in [1.82, 2.24) is 14.9 Å². The molecule has 2 aromatic carbocycles. The van der Waals surface area contributed by atoms with Crippen molar-refractivity contribution in [3.05, 3.63) is 105 Å². The van der Waals surface area contributed by atoms with Gasteiger partial charge >= 0.3 is 0 Å². The number of benzene rings is 2. The molecule has 9 heteroatoms. The summed E-state index contributed by atoms with van der Waals surface area (Å²) in [6.07, 6.45) is 1.81. The van der Waals surface area contributed by atoms with Crippen LogP contribution in [0.5, 0.6) is 5.75 Å². The van der Waals surface area contributed by atoms with Gasteiger partial charge < -0.3 is 24.3 Å². The highest BCUT2D eigenvalue weighted by Gasteiger charge is 2.42. The number of thiocarbonyl (C=S) groups is 1. The third-order valence-electron chi connectivity index (χ3n) is 6.69. The summed E-state index contributed by atoms with van der Waals surface area (Å²) >= 11 is 16.2. The molecule has 0 aliphatic carbocycles. The Morgan fingerprint density at radius 1 is 1.03 bits per heavy atom. The van der Waals surface area contributed by atoms with Crippen molar-refractivity contribution in [3.63, 3.8) is 0 Å². The average molecular weight is 612 g/mol. The zero-order valence-electron chi connectivity index (χ0n) is 21.3. The molecule has 4 aromatic rings. The van der Waals surface area contributed by atoms with Crippen LogP contribution >= 0.6 is 39.7 Å². The SMILES string of the molecule is COCCOc1ccc(N2C(=S)N[C@@H](c3ccccn3)[C@@H]2c2cc(C)n(-c3cccc(Br)c3)c2C)cc1Cl. The minimum absolute atomic E-state index is 0.152. The lowest BCUT2D eigenvalue weighted by Gasteiger charge is -2.28. The summed E-state index contributed by atoms with van der Waals surface area (Å²) < 4.78 is 14.2. The number of aryl methyl sites for hydroxylation is 1. The molecule has 0 bridgehead atoms. The van der Waals surface area contributed by atoms with Crippen molar-refractivity contribution >= 4 is 50.5 Å². The first-order chi connectivity index (χ1) is 18.4. The molecule has 196 valence electrons. The highest BCUT2D eigenvalue weighted by Crippen LogP contribution is 2.45. The van der Waals surface area contributed by atoms with Crippen molar-refractivity contribution < 1.29 is 9.47 Å². The van der Waals surface area contributed by atoms with Crippen molar-refractivity contribution in [3.8, 4) is 11.4 Å². The topological polar surface area (TPSA) is 51.6 Å². The third kappa shape index (κ3) is 5.18. The van der Waals surface area contributed by atoms with E-state index in [-0.39, 0.29) is 12.1 Å². The highest BCUT2D eigenvalue weighted by molar-refractivity contribution is 9.10. The largest absolute Gasteiger partial charge is 0.490 e. The van der Waals surface area contributed by atoms with E-state index in [1.54, 1.807) is 7.11 Å². The Kier molecular flexibility index (Phi) is 8.04. The standard InChI is InChI=1S/C29H28BrClN4O2S/c1-18-15-23(19(2)34(18)21-8-6-7-20(30)16-21)28-27(25-9-4-5-12-32-25)33-29(38)35(28)22-10-11-26(24(31)17-22)37-14-13-36-3/h4-12,15-17,27-28H,13-14H2,1-3H3,(H,33,38)/t27-,28-/m0/s1. The van der Waals surface area contributed by atoms with Crippen LogP contribution in [0.25, 0.3) is 5.69 Å². The van der Waals surface area contributed by atoms with Gasteiger partial charge in [-0.3, -0.25) is 4.98 Å². The Morgan fingerprint density at radius 3 is 2.58 bits per heavy atom. The number of methoxy groups -OCH3 is 1. The predicted octanol–water partition coefficient (Wildman–Crippen LogP) is 7.11. The molecule has 2 atom stereocenters. The van der Waals surface area contributed by atoms with E-state index >= 15 is 0 Å². The molecule has 2 aromatic heterocycles. The number of nitrogens with zero attached hydrogens (tertiary/aromatic N) is 3. The lowest BCUT2D eigenvalue weighted by molar-refractivity contribution is 0.146. The van der Waals surface area contributed by atoms with Crippen LogP contribution in [0.1, 0.15) is 34.7 Å². The second kappa shape index (κ2) is 11.5. The van der Waals surface area contributed by atoms with Crippen molar-refractivity contribution in [1.29, 1.82) is 0 Å². The smallest absolute Gasteiger partial charge is 0.174 e.